The molecule has 282 valence electrons. The molecule has 0 saturated carbocycles. The highest BCUT2D eigenvalue weighted by atomic mass is 14.8. The van der Waals surface area contributed by atoms with Crippen molar-refractivity contribution in [3.8, 4) is 101 Å². The highest BCUT2D eigenvalue weighted by molar-refractivity contribution is 5.94. The van der Waals surface area contributed by atoms with Crippen LogP contribution in [0.25, 0.3) is 101 Å². The lowest BCUT2D eigenvalue weighted by Gasteiger charge is -2.18. The van der Waals surface area contributed by atoms with Gasteiger partial charge in [0.15, 0.2) is 0 Å². The van der Waals surface area contributed by atoms with Crippen LogP contribution in [0.3, 0.4) is 0 Å². The first-order valence-electron chi connectivity index (χ1n) is 20.1. The Bertz CT molecular complexity index is 2690. The van der Waals surface area contributed by atoms with Gasteiger partial charge < -0.3 is 0 Å². The third-order valence-corrected chi connectivity index (χ3v) is 10.9. The highest BCUT2D eigenvalue weighted by Crippen LogP contribution is 2.42. The summed E-state index contributed by atoms with van der Waals surface area (Å²) < 4.78 is 0. The van der Waals surface area contributed by atoms with Crippen LogP contribution in [0, 0.1) is 0 Å². The van der Waals surface area contributed by atoms with Crippen LogP contribution in [0.1, 0.15) is 0 Å². The lowest BCUT2D eigenvalue weighted by molar-refractivity contribution is 1.25. The minimum atomic E-state index is 0.840. The van der Waals surface area contributed by atoms with Crippen molar-refractivity contribution in [3.05, 3.63) is 231 Å². The van der Waals surface area contributed by atoms with Crippen LogP contribution in [-0.4, -0.2) is 19.9 Å². The molecule has 0 spiro atoms. The van der Waals surface area contributed by atoms with Crippen LogP contribution in [0.2, 0.25) is 0 Å². The van der Waals surface area contributed by atoms with Gasteiger partial charge in [0, 0.05) is 52.6 Å². The second kappa shape index (κ2) is 16.4. The highest BCUT2D eigenvalue weighted by Gasteiger charge is 2.17. The summed E-state index contributed by atoms with van der Waals surface area (Å²) in [5, 5.41) is 0. The van der Waals surface area contributed by atoms with E-state index >= 15 is 0 Å². The standard InChI is InChI=1S/C56H38N4/c1-3-15-39(16-4-1)53-29-26-41(36-58-53)47-19-7-10-22-50(47)44-33-45(51-23-11-8-20-48(51)42-27-30-54(59-37-42)40-17-5-2-6-18-40)35-46(34-44)52-24-12-9-21-49(52)43-28-31-56(60-38-43)55-25-13-14-32-57-55/h1-38H. The van der Waals surface area contributed by atoms with Gasteiger partial charge in [0.25, 0.3) is 0 Å². The Morgan fingerprint density at radius 2 is 0.517 bits per heavy atom. The minimum absolute atomic E-state index is 0.840. The molecule has 0 unspecified atom stereocenters. The van der Waals surface area contributed by atoms with Crippen LogP contribution in [0.5, 0.6) is 0 Å². The fourth-order valence-electron chi connectivity index (χ4n) is 7.94. The maximum Gasteiger partial charge on any atom is 0.0886 e. The fourth-order valence-corrected chi connectivity index (χ4v) is 7.94. The SMILES string of the molecule is c1ccc(-c2ccc(-c3ccccc3-c3cc(-c4ccccc4-c4ccc(-c5ccccc5)nc4)cc(-c4ccccc4-c4ccc(-c5ccccn5)nc4)c3)cn2)cc1. The fraction of sp³-hybridized carbons (Fsp3) is 0. The Balaban J connectivity index is 1.12. The molecule has 0 bridgehead atoms. The topological polar surface area (TPSA) is 51.6 Å². The number of hydrogen-bond acceptors (Lipinski definition) is 4. The molecule has 4 nitrogen and oxygen atoms in total. The van der Waals surface area contributed by atoms with Crippen LogP contribution in [0.15, 0.2) is 231 Å². The first-order chi connectivity index (χ1) is 29.7. The molecule has 0 aliphatic carbocycles. The monoisotopic (exact) mass is 766 g/mol. The van der Waals surface area contributed by atoms with Crippen molar-refractivity contribution >= 4 is 0 Å². The van der Waals surface area contributed by atoms with E-state index in [1.165, 1.54) is 0 Å². The number of aromatic nitrogens is 4. The first-order valence-corrected chi connectivity index (χ1v) is 20.1. The van der Waals surface area contributed by atoms with Crippen molar-refractivity contribution in [2.45, 2.75) is 0 Å². The number of benzene rings is 6. The summed E-state index contributed by atoms with van der Waals surface area (Å²) in [6, 6.07) is 72.1. The predicted octanol–water partition coefficient (Wildman–Crippen LogP) is 14.3. The summed E-state index contributed by atoms with van der Waals surface area (Å²) in [4.78, 5) is 19.2. The first kappa shape index (κ1) is 36.3. The Hall–Kier alpha value is -8.08. The van der Waals surface area contributed by atoms with E-state index in [9.17, 15) is 0 Å². The average molecular weight is 767 g/mol. The molecule has 10 aromatic rings. The Labute approximate surface area is 350 Å². The third kappa shape index (κ3) is 7.42. The number of pyridine rings is 4. The second-order valence-electron chi connectivity index (χ2n) is 14.7. The molecule has 4 heterocycles. The molecule has 0 aliphatic rings. The van der Waals surface area contributed by atoms with E-state index in [0.717, 1.165) is 101 Å². The van der Waals surface area contributed by atoms with Crippen molar-refractivity contribution < 1.29 is 0 Å². The van der Waals surface area contributed by atoms with Crippen molar-refractivity contribution in [2.75, 3.05) is 0 Å². The summed E-state index contributed by atoms with van der Waals surface area (Å²) in [5.41, 5.74) is 18.9. The van der Waals surface area contributed by atoms with Crippen molar-refractivity contribution in [3.63, 3.8) is 0 Å². The van der Waals surface area contributed by atoms with Crippen molar-refractivity contribution in [1.29, 1.82) is 0 Å². The molecular formula is C56H38N4. The van der Waals surface area contributed by atoms with Gasteiger partial charge in [-0.25, -0.2) is 0 Å². The second-order valence-corrected chi connectivity index (χ2v) is 14.7. The van der Waals surface area contributed by atoms with Gasteiger partial charge in [-0.15, -0.1) is 0 Å². The van der Waals surface area contributed by atoms with Gasteiger partial charge in [0.05, 0.1) is 22.8 Å². The Kier molecular flexibility index (Phi) is 9.92. The molecule has 60 heavy (non-hydrogen) atoms. The molecule has 0 atom stereocenters. The van der Waals surface area contributed by atoms with E-state index in [0.29, 0.717) is 0 Å². The zero-order chi connectivity index (χ0) is 40.1. The van der Waals surface area contributed by atoms with E-state index in [-0.39, 0.29) is 0 Å². The maximum absolute atomic E-state index is 4.92. The van der Waals surface area contributed by atoms with E-state index < -0.39 is 0 Å². The quantitative estimate of drug-likeness (QED) is 0.147. The van der Waals surface area contributed by atoms with Crippen LogP contribution < -0.4 is 0 Å². The molecule has 4 heteroatoms. The van der Waals surface area contributed by atoms with Crippen molar-refractivity contribution in [1.82, 2.24) is 19.9 Å². The zero-order valence-corrected chi connectivity index (χ0v) is 32.7. The number of hydrogen-bond donors (Lipinski definition) is 0. The largest absolute Gasteiger partial charge is 0.256 e. The van der Waals surface area contributed by atoms with Crippen molar-refractivity contribution in [2.24, 2.45) is 0 Å². The van der Waals surface area contributed by atoms with Gasteiger partial charge in [-0.2, -0.15) is 0 Å². The van der Waals surface area contributed by atoms with E-state index in [1.807, 2.05) is 73.2 Å². The molecule has 0 fully saturated rings. The van der Waals surface area contributed by atoms with Gasteiger partial charge in [-0.3, -0.25) is 19.9 Å². The average Bonchev–Trinajstić information content (AvgIpc) is 3.35. The molecule has 6 aromatic carbocycles. The smallest absolute Gasteiger partial charge is 0.0886 e. The normalized spacial score (nSPS) is 11.0. The summed E-state index contributed by atoms with van der Waals surface area (Å²) in [5.74, 6) is 0. The van der Waals surface area contributed by atoms with Crippen LogP contribution >= 0.6 is 0 Å². The predicted molar refractivity (Wildman–Crippen MR) is 247 cm³/mol. The number of rotatable bonds is 9. The minimum Gasteiger partial charge on any atom is -0.256 e. The summed E-state index contributed by atoms with van der Waals surface area (Å²) >= 11 is 0. The van der Waals surface area contributed by atoms with E-state index in [4.69, 9.17) is 15.0 Å². The maximum atomic E-state index is 4.92. The molecule has 0 N–H and O–H groups in total. The van der Waals surface area contributed by atoms with Gasteiger partial charge in [-0.05, 0) is 98.6 Å². The van der Waals surface area contributed by atoms with Gasteiger partial charge >= 0.3 is 0 Å². The molecule has 10 rings (SSSR count). The summed E-state index contributed by atoms with van der Waals surface area (Å²) in [6.07, 6.45) is 7.73. The Morgan fingerprint density at radius 3 is 0.850 bits per heavy atom. The van der Waals surface area contributed by atoms with E-state index in [2.05, 4.69) is 157 Å². The molecule has 0 radical (unpaired) electrons. The van der Waals surface area contributed by atoms with Crippen LogP contribution in [-0.2, 0) is 0 Å². The molecule has 4 aromatic heterocycles. The van der Waals surface area contributed by atoms with Crippen LogP contribution in [0.4, 0.5) is 0 Å². The summed E-state index contributed by atoms with van der Waals surface area (Å²) in [7, 11) is 0. The van der Waals surface area contributed by atoms with Gasteiger partial charge in [0.2, 0.25) is 0 Å². The Morgan fingerprint density at radius 1 is 0.200 bits per heavy atom. The lowest BCUT2D eigenvalue weighted by Crippen LogP contribution is -1.93. The van der Waals surface area contributed by atoms with Gasteiger partial charge in [-0.1, -0.05) is 158 Å². The molecule has 0 amide bonds. The molecule has 0 aliphatic heterocycles. The molecule has 0 saturated heterocycles. The van der Waals surface area contributed by atoms with Gasteiger partial charge in [0.1, 0.15) is 0 Å². The third-order valence-electron chi connectivity index (χ3n) is 10.9. The zero-order valence-electron chi connectivity index (χ0n) is 32.7. The summed E-state index contributed by atoms with van der Waals surface area (Å²) in [6.45, 7) is 0. The number of nitrogens with zero attached hydrogens (tertiary/aromatic N) is 4. The van der Waals surface area contributed by atoms with E-state index in [1.54, 1.807) is 6.20 Å². The molecular weight excluding hydrogens is 729 g/mol. The lowest BCUT2D eigenvalue weighted by atomic mass is 9.86.